The molecule has 0 aliphatic heterocycles. The van der Waals surface area contributed by atoms with Crippen LogP contribution < -0.4 is 4.90 Å². The summed E-state index contributed by atoms with van der Waals surface area (Å²) in [6, 6.07) is 10.9. The molecule has 110 valence electrons. The number of anilines is 1. The summed E-state index contributed by atoms with van der Waals surface area (Å²) in [4.78, 5) is 6.48. The van der Waals surface area contributed by atoms with Crippen LogP contribution in [0, 0.1) is 6.92 Å². The van der Waals surface area contributed by atoms with E-state index in [-0.39, 0.29) is 0 Å². The fraction of sp³-hybridized carbons (Fsp3) is 0.278. The smallest absolute Gasteiger partial charge is 0.302 e. The zero-order chi connectivity index (χ0) is 15.1. The number of aryl methyl sites for hydroxylation is 1. The van der Waals surface area contributed by atoms with Crippen LogP contribution in [0.4, 0.5) is 6.01 Å². The Labute approximate surface area is 126 Å². The molecule has 0 aliphatic rings. The van der Waals surface area contributed by atoms with Crippen molar-refractivity contribution in [3.63, 3.8) is 0 Å². The Morgan fingerprint density at radius 3 is 2.71 bits per heavy atom. The van der Waals surface area contributed by atoms with Gasteiger partial charge in [0.2, 0.25) is 0 Å². The van der Waals surface area contributed by atoms with Gasteiger partial charge in [-0.1, -0.05) is 43.0 Å². The van der Waals surface area contributed by atoms with Crippen LogP contribution in [0.25, 0.3) is 0 Å². The van der Waals surface area contributed by atoms with E-state index < -0.39 is 0 Å². The first-order chi connectivity index (χ1) is 10.2. The number of hydrogen-bond donors (Lipinski definition) is 0. The van der Waals surface area contributed by atoms with Gasteiger partial charge >= 0.3 is 6.01 Å². The number of hydrogen-bond acceptors (Lipinski definition) is 3. The molecule has 1 aromatic heterocycles. The second-order valence-electron chi connectivity index (χ2n) is 5.09. The molecule has 2 aromatic rings. The third-order valence-electron chi connectivity index (χ3n) is 3.28. The molecule has 0 atom stereocenters. The van der Waals surface area contributed by atoms with Crippen molar-refractivity contribution in [2.24, 2.45) is 0 Å². The molecule has 0 aliphatic carbocycles. The van der Waals surface area contributed by atoms with Gasteiger partial charge in [-0.15, -0.1) is 6.58 Å². The van der Waals surface area contributed by atoms with Crippen molar-refractivity contribution in [1.29, 1.82) is 0 Å². The molecule has 0 saturated heterocycles. The standard InChI is InChI=1S/C18H22N2O/c1-4-5-7-10-16(3)20(18-19-15(2)14-21-18)13-17-11-8-6-9-12-17/h4,6,8-9,11-12,14H,1,3,5,7,10,13H2,2H3. The Morgan fingerprint density at radius 2 is 2.10 bits per heavy atom. The highest BCUT2D eigenvalue weighted by molar-refractivity contribution is 5.38. The highest BCUT2D eigenvalue weighted by atomic mass is 16.4. The molecule has 0 N–H and O–H groups in total. The Balaban J connectivity index is 2.14. The third kappa shape index (κ3) is 4.35. The zero-order valence-electron chi connectivity index (χ0n) is 12.6. The SMILES string of the molecule is C=CCCCC(=C)N(Cc1ccccc1)c1nc(C)co1. The van der Waals surface area contributed by atoms with E-state index in [9.17, 15) is 0 Å². The minimum absolute atomic E-state index is 0.611. The predicted molar refractivity (Wildman–Crippen MR) is 87.1 cm³/mol. The van der Waals surface area contributed by atoms with Crippen molar-refractivity contribution in [3.05, 3.63) is 72.8 Å². The molecule has 21 heavy (non-hydrogen) atoms. The molecule has 2 rings (SSSR count). The monoisotopic (exact) mass is 282 g/mol. The number of rotatable bonds is 8. The van der Waals surface area contributed by atoms with Gasteiger partial charge in [-0.2, -0.15) is 4.98 Å². The number of nitrogens with zero attached hydrogens (tertiary/aromatic N) is 2. The topological polar surface area (TPSA) is 29.3 Å². The molecule has 0 bridgehead atoms. The Hall–Kier alpha value is -2.29. The minimum atomic E-state index is 0.611. The third-order valence-corrected chi connectivity index (χ3v) is 3.28. The summed E-state index contributed by atoms with van der Waals surface area (Å²) in [6.45, 7) is 10.6. The predicted octanol–water partition coefficient (Wildman–Crippen LogP) is 4.86. The van der Waals surface area contributed by atoms with E-state index in [4.69, 9.17) is 4.42 Å². The Kier molecular flexibility index (Phi) is 5.38. The first-order valence-corrected chi connectivity index (χ1v) is 7.23. The highest BCUT2D eigenvalue weighted by Crippen LogP contribution is 2.23. The lowest BCUT2D eigenvalue weighted by Gasteiger charge is -2.23. The molecular formula is C18H22N2O. The maximum Gasteiger partial charge on any atom is 0.302 e. The van der Waals surface area contributed by atoms with Crippen molar-refractivity contribution in [2.75, 3.05) is 4.90 Å². The quantitative estimate of drug-likeness (QED) is 0.511. The van der Waals surface area contributed by atoms with Gasteiger partial charge in [-0.05, 0) is 31.7 Å². The van der Waals surface area contributed by atoms with Gasteiger partial charge < -0.3 is 4.42 Å². The molecule has 0 amide bonds. The van der Waals surface area contributed by atoms with Crippen molar-refractivity contribution in [1.82, 2.24) is 4.98 Å². The van der Waals surface area contributed by atoms with E-state index in [0.29, 0.717) is 12.6 Å². The lowest BCUT2D eigenvalue weighted by atomic mass is 10.1. The van der Waals surface area contributed by atoms with Gasteiger partial charge in [0.1, 0.15) is 6.26 Å². The summed E-state index contributed by atoms with van der Waals surface area (Å²) in [5.41, 5.74) is 3.10. The summed E-state index contributed by atoms with van der Waals surface area (Å²) in [5.74, 6) is 0. The van der Waals surface area contributed by atoms with Crippen LogP contribution in [0.15, 0.2) is 65.9 Å². The number of allylic oxidation sites excluding steroid dienone is 2. The molecule has 0 saturated carbocycles. The number of unbranched alkanes of at least 4 members (excludes halogenated alkanes) is 1. The van der Waals surface area contributed by atoms with Crippen LogP contribution in [0.2, 0.25) is 0 Å². The van der Waals surface area contributed by atoms with E-state index in [1.807, 2.05) is 36.1 Å². The van der Waals surface area contributed by atoms with Gasteiger partial charge in [-0.3, -0.25) is 4.90 Å². The summed E-state index contributed by atoms with van der Waals surface area (Å²) < 4.78 is 5.56. The minimum Gasteiger partial charge on any atom is -0.432 e. The summed E-state index contributed by atoms with van der Waals surface area (Å²) in [7, 11) is 0. The van der Waals surface area contributed by atoms with Crippen LogP contribution in [0.3, 0.4) is 0 Å². The maximum atomic E-state index is 5.56. The lowest BCUT2D eigenvalue weighted by molar-refractivity contribution is 0.541. The van der Waals surface area contributed by atoms with Crippen LogP contribution in [0.5, 0.6) is 0 Å². The fourth-order valence-electron chi connectivity index (χ4n) is 2.13. The second-order valence-corrected chi connectivity index (χ2v) is 5.09. The van der Waals surface area contributed by atoms with Crippen molar-refractivity contribution >= 4 is 6.01 Å². The van der Waals surface area contributed by atoms with Crippen LogP contribution >= 0.6 is 0 Å². The largest absolute Gasteiger partial charge is 0.432 e. The molecule has 3 heteroatoms. The van der Waals surface area contributed by atoms with Gasteiger partial charge in [0.05, 0.1) is 12.2 Å². The average Bonchev–Trinajstić information content (AvgIpc) is 2.92. The summed E-state index contributed by atoms with van der Waals surface area (Å²) >= 11 is 0. The molecular weight excluding hydrogens is 260 g/mol. The highest BCUT2D eigenvalue weighted by Gasteiger charge is 2.15. The normalized spacial score (nSPS) is 10.3. The van der Waals surface area contributed by atoms with E-state index in [1.54, 1.807) is 6.26 Å². The molecule has 0 unspecified atom stereocenters. The van der Waals surface area contributed by atoms with E-state index in [0.717, 1.165) is 30.7 Å². The summed E-state index contributed by atoms with van der Waals surface area (Å²) in [6.07, 6.45) is 6.53. The van der Waals surface area contributed by atoms with E-state index in [2.05, 4.69) is 30.3 Å². The summed E-state index contributed by atoms with van der Waals surface area (Å²) in [5, 5.41) is 0. The number of benzene rings is 1. The zero-order valence-corrected chi connectivity index (χ0v) is 12.6. The van der Waals surface area contributed by atoms with Gasteiger partial charge in [0.25, 0.3) is 0 Å². The van der Waals surface area contributed by atoms with E-state index >= 15 is 0 Å². The first-order valence-electron chi connectivity index (χ1n) is 7.23. The molecule has 1 aromatic carbocycles. The van der Waals surface area contributed by atoms with E-state index in [1.165, 1.54) is 5.56 Å². The fourth-order valence-corrected chi connectivity index (χ4v) is 2.13. The van der Waals surface area contributed by atoms with Crippen LogP contribution in [0.1, 0.15) is 30.5 Å². The van der Waals surface area contributed by atoms with Crippen molar-refractivity contribution in [3.8, 4) is 0 Å². The molecule has 0 radical (unpaired) electrons. The Morgan fingerprint density at radius 1 is 1.33 bits per heavy atom. The van der Waals surface area contributed by atoms with Crippen LogP contribution in [-0.4, -0.2) is 4.98 Å². The van der Waals surface area contributed by atoms with Crippen LogP contribution in [-0.2, 0) is 6.54 Å². The Bertz CT molecular complexity index is 586. The number of oxazole rings is 1. The van der Waals surface area contributed by atoms with Gasteiger partial charge in [-0.25, -0.2) is 0 Å². The maximum absolute atomic E-state index is 5.56. The lowest BCUT2D eigenvalue weighted by Crippen LogP contribution is -2.21. The van der Waals surface area contributed by atoms with Gasteiger partial charge in [0.15, 0.2) is 0 Å². The van der Waals surface area contributed by atoms with Crippen molar-refractivity contribution in [2.45, 2.75) is 32.7 Å². The van der Waals surface area contributed by atoms with Crippen molar-refractivity contribution < 1.29 is 4.42 Å². The second kappa shape index (κ2) is 7.48. The molecule has 3 nitrogen and oxygen atoms in total. The molecule has 0 fully saturated rings. The molecule has 1 heterocycles. The molecule has 0 spiro atoms. The number of aromatic nitrogens is 1. The first kappa shape index (κ1) is 15.1. The van der Waals surface area contributed by atoms with Gasteiger partial charge in [0, 0.05) is 5.70 Å². The average molecular weight is 282 g/mol.